The van der Waals surface area contributed by atoms with E-state index in [2.05, 4.69) is 44.1 Å². The van der Waals surface area contributed by atoms with Crippen LogP contribution in [0.15, 0.2) is 97.5 Å². The molecule has 150 valence electrons. The molecule has 3 heterocycles. The summed E-state index contributed by atoms with van der Waals surface area (Å²) in [6, 6.07) is 26.1. The van der Waals surface area contributed by atoms with E-state index in [1.165, 1.54) is 5.56 Å². The van der Waals surface area contributed by atoms with Crippen LogP contribution < -0.4 is 4.74 Å². The van der Waals surface area contributed by atoms with Gasteiger partial charge in [0.2, 0.25) is 0 Å². The summed E-state index contributed by atoms with van der Waals surface area (Å²) in [4.78, 5) is 15.6. The number of aromatic nitrogens is 3. The Bertz CT molecular complexity index is 968. The van der Waals surface area contributed by atoms with Crippen LogP contribution in [-0.2, 0) is 26.2 Å². The van der Waals surface area contributed by atoms with Gasteiger partial charge in [0.1, 0.15) is 12.4 Å². The lowest BCUT2D eigenvalue weighted by Gasteiger charge is -2.22. The van der Waals surface area contributed by atoms with E-state index in [9.17, 15) is 0 Å². The summed E-state index contributed by atoms with van der Waals surface area (Å²) in [6.07, 6.45) is 5.45. The van der Waals surface area contributed by atoms with Crippen molar-refractivity contribution in [3.8, 4) is 5.75 Å². The maximum atomic E-state index is 5.85. The fraction of sp³-hybridized carbons (Fsp3) is 0.160. The second kappa shape index (κ2) is 10.3. The molecule has 0 bridgehead atoms. The minimum Gasteiger partial charge on any atom is -0.487 e. The van der Waals surface area contributed by atoms with Crippen LogP contribution in [0.1, 0.15) is 22.6 Å². The predicted molar refractivity (Wildman–Crippen MR) is 116 cm³/mol. The molecule has 0 spiro atoms. The van der Waals surface area contributed by atoms with Crippen LogP contribution in [0.5, 0.6) is 5.75 Å². The van der Waals surface area contributed by atoms with Crippen molar-refractivity contribution in [2.75, 3.05) is 0 Å². The maximum Gasteiger partial charge on any atom is 0.130 e. The van der Waals surface area contributed by atoms with Gasteiger partial charge in [0.15, 0.2) is 0 Å². The van der Waals surface area contributed by atoms with Crippen LogP contribution in [0.25, 0.3) is 0 Å². The van der Waals surface area contributed by atoms with Gasteiger partial charge in [-0.25, -0.2) is 0 Å². The number of hydrogen-bond acceptors (Lipinski definition) is 5. The smallest absolute Gasteiger partial charge is 0.130 e. The van der Waals surface area contributed by atoms with Crippen LogP contribution in [-0.4, -0.2) is 19.9 Å². The first-order valence-corrected chi connectivity index (χ1v) is 9.99. The monoisotopic (exact) mass is 396 g/mol. The Morgan fingerprint density at radius 3 is 1.60 bits per heavy atom. The van der Waals surface area contributed by atoms with E-state index < -0.39 is 0 Å². The standard InChI is InChI=1S/C25H24N4O/c1-4-14-26-22(7-1)18-29(19-23-8-2-5-15-27-23)17-21-10-12-25(13-11-21)30-20-24-9-3-6-16-28-24/h1-16H,17-20H2. The molecule has 5 heteroatoms. The third-order valence-corrected chi connectivity index (χ3v) is 4.67. The molecule has 3 aromatic heterocycles. The van der Waals surface area contributed by atoms with Gasteiger partial charge in [0.25, 0.3) is 0 Å². The lowest BCUT2D eigenvalue weighted by Crippen LogP contribution is -2.23. The average Bonchev–Trinajstić information content (AvgIpc) is 2.81. The Labute approximate surface area is 177 Å². The molecule has 0 radical (unpaired) electrons. The molecule has 0 fully saturated rings. The third-order valence-electron chi connectivity index (χ3n) is 4.67. The highest BCUT2D eigenvalue weighted by Gasteiger charge is 2.10. The normalized spacial score (nSPS) is 10.8. The van der Waals surface area contributed by atoms with E-state index in [-0.39, 0.29) is 0 Å². The summed E-state index contributed by atoms with van der Waals surface area (Å²) in [6.45, 7) is 2.78. The number of pyridine rings is 3. The molecule has 4 rings (SSSR count). The molecule has 0 saturated heterocycles. The molecule has 0 atom stereocenters. The number of ether oxygens (including phenoxy) is 1. The van der Waals surface area contributed by atoms with Crippen molar-refractivity contribution in [1.82, 2.24) is 19.9 Å². The van der Waals surface area contributed by atoms with Gasteiger partial charge in [0, 0.05) is 38.2 Å². The van der Waals surface area contributed by atoms with Gasteiger partial charge < -0.3 is 4.74 Å². The Hall–Kier alpha value is -3.57. The van der Waals surface area contributed by atoms with Crippen molar-refractivity contribution in [3.05, 3.63) is 120 Å². The molecule has 0 N–H and O–H groups in total. The second-order valence-corrected chi connectivity index (χ2v) is 7.04. The molecule has 1 aromatic carbocycles. The minimum absolute atomic E-state index is 0.464. The van der Waals surface area contributed by atoms with Gasteiger partial charge in [-0.3, -0.25) is 19.9 Å². The highest BCUT2D eigenvalue weighted by Crippen LogP contribution is 2.17. The molecule has 0 aliphatic heterocycles. The largest absolute Gasteiger partial charge is 0.487 e. The zero-order valence-corrected chi connectivity index (χ0v) is 16.8. The average molecular weight is 396 g/mol. The SMILES string of the molecule is c1ccc(COc2ccc(CN(Cc3ccccn3)Cc3ccccn3)cc2)nc1. The molecule has 0 aliphatic rings. The first-order valence-electron chi connectivity index (χ1n) is 9.99. The van der Waals surface area contributed by atoms with Crippen molar-refractivity contribution >= 4 is 0 Å². The van der Waals surface area contributed by atoms with E-state index >= 15 is 0 Å². The fourth-order valence-electron chi connectivity index (χ4n) is 3.20. The van der Waals surface area contributed by atoms with E-state index in [1.807, 2.05) is 67.0 Å². The lowest BCUT2D eigenvalue weighted by atomic mass is 10.2. The van der Waals surface area contributed by atoms with Crippen molar-refractivity contribution in [2.24, 2.45) is 0 Å². The molecule has 0 amide bonds. The van der Waals surface area contributed by atoms with Gasteiger partial charge in [-0.2, -0.15) is 0 Å². The zero-order chi connectivity index (χ0) is 20.4. The molecule has 0 aliphatic carbocycles. The van der Waals surface area contributed by atoms with Crippen molar-refractivity contribution in [3.63, 3.8) is 0 Å². The lowest BCUT2D eigenvalue weighted by molar-refractivity contribution is 0.241. The Kier molecular flexibility index (Phi) is 6.76. The number of hydrogen-bond donors (Lipinski definition) is 0. The first-order chi connectivity index (χ1) is 14.8. The summed E-state index contributed by atoms with van der Waals surface area (Å²) in [5.41, 5.74) is 4.22. The van der Waals surface area contributed by atoms with E-state index in [0.717, 1.165) is 42.5 Å². The molecule has 0 unspecified atom stereocenters. The first kappa shape index (κ1) is 19.7. The van der Waals surface area contributed by atoms with Crippen LogP contribution >= 0.6 is 0 Å². The maximum absolute atomic E-state index is 5.85. The summed E-state index contributed by atoms with van der Waals surface area (Å²) >= 11 is 0. The molecule has 4 aromatic rings. The molecule has 30 heavy (non-hydrogen) atoms. The van der Waals surface area contributed by atoms with E-state index in [1.54, 1.807) is 6.20 Å². The minimum atomic E-state index is 0.464. The van der Waals surface area contributed by atoms with Gasteiger partial charge in [0.05, 0.1) is 17.1 Å². The van der Waals surface area contributed by atoms with Gasteiger partial charge in [-0.15, -0.1) is 0 Å². The number of nitrogens with zero attached hydrogens (tertiary/aromatic N) is 4. The van der Waals surface area contributed by atoms with E-state index in [0.29, 0.717) is 6.61 Å². The topological polar surface area (TPSA) is 51.1 Å². The highest BCUT2D eigenvalue weighted by atomic mass is 16.5. The van der Waals surface area contributed by atoms with Gasteiger partial charge in [-0.1, -0.05) is 30.3 Å². The van der Waals surface area contributed by atoms with Crippen molar-refractivity contribution in [1.29, 1.82) is 0 Å². The fourth-order valence-corrected chi connectivity index (χ4v) is 3.20. The number of benzene rings is 1. The van der Waals surface area contributed by atoms with Crippen molar-refractivity contribution < 1.29 is 4.74 Å². The molecule has 5 nitrogen and oxygen atoms in total. The summed E-state index contributed by atoms with van der Waals surface area (Å²) in [7, 11) is 0. The summed E-state index contributed by atoms with van der Waals surface area (Å²) < 4.78 is 5.85. The number of rotatable bonds is 9. The van der Waals surface area contributed by atoms with Gasteiger partial charge in [-0.05, 0) is 54.1 Å². The summed E-state index contributed by atoms with van der Waals surface area (Å²) in [5.74, 6) is 0.838. The predicted octanol–water partition coefficient (Wildman–Crippen LogP) is 4.65. The van der Waals surface area contributed by atoms with E-state index in [4.69, 9.17) is 4.74 Å². The van der Waals surface area contributed by atoms with Crippen LogP contribution in [0.4, 0.5) is 0 Å². The molecular formula is C25H24N4O. The Morgan fingerprint density at radius 1 is 0.567 bits per heavy atom. The van der Waals surface area contributed by atoms with Crippen molar-refractivity contribution in [2.45, 2.75) is 26.2 Å². The van der Waals surface area contributed by atoms with Crippen LogP contribution in [0.2, 0.25) is 0 Å². The third kappa shape index (κ3) is 5.96. The Balaban J connectivity index is 1.41. The molecule has 0 saturated carbocycles. The second-order valence-electron chi connectivity index (χ2n) is 7.04. The summed E-state index contributed by atoms with van der Waals surface area (Å²) in [5, 5.41) is 0. The highest BCUT2D eigenvalue weighted by molar-refractivity contribution is 5.27. The molecular weight excluding hydrogens is 372 g/mol. The van der Waals surface area contributed by atoms with Crippen LogP contribution in [0, 0.1) is 0 Å². The quantitative estimate of drug-likeness (QED) is 0.412. The van der Waals surface area contributed by atoms with Crippen LogP contribution in [0.3, 0.4) is 0 Å². The zero-order valence-electron chi connectivity index (χ0n) is 16.8. The Morgan fingerprint density at radius 2 is 1.10 bits per heavy atom. The van der Waals surface area contributed by atoms with Gasteiger partial charge >= 0.3 is 0 Å².